The van der Waals surface area contributed by atoms with Crippen LogP contribution in [0.4, 0.5) is 18.9 Å². The molecule has 0 radical (unpaired) electrons. The molecule has 26 heavy (non-hydrogen) atoms. The Morgan fingerprint density at radius 1 is 1.19 bits per heavy atom. The monoisotopic (exact) mass is 381 g/mol. The van der Waals surface area contributed by atoms with Crippen molar-refractivity contribution in [2.45, 2.75) is 26.4 Å². The largest absolute Gasteiger partial charge is 0.451 e. The molecule has 3 aromatic rings. The van der Waals surface area contributed by atoms with E-state index in [-0.39, 0.29) is 16.5 Å². The summed E-state index contributed by atoms with van der Waals surface area (Å²) in [6.07, 6.45) is -3.70. The molecule has 0 aliphatic rings. The fourth-order valence-electron chi connectivity index (χ4n) is 2.68. The predicted molar refractivity (Wildman–Crippen MR) is 94.7 cm³/mol. The zero-order valence-electron chi connectivity index (χ0n) is 14.0. The standard InChI is InChI=1S/C19H15ClF3NO2/c1-3-11-4-7-16-13(8-11)10(2)17(26-16)18(25)24-15-9-12(19(21,22)23)5-6-14(15)20/h4-9H,3H2,1-2H3,(H,24,25). The number of hydrogen-bond donors (Lipinski definition) is 1. The summed E-state index contributed by atoms with van der Waals surface area (Å²) in [4.78, 5) is 12.5. The first-order valence-electron chi connectivity index (χ1n) is 7.91. The van der Waals surface area contributed by atoms with Gasteiger partial charge in [-0.3, -0.25) is 4.79 Å². The first-order chi connectivity index (χ1) is 12.2. The Morgan fingerprint density at radius 2 is 1.92 bits per heavy atom. The Balaban J connectivity index is 1.96. The lowest BCUT2D eigenvalue weighted by Crippen LogP contribution is -2.14. The molecule has 0 saturated heterocycles. The average molecular weight is 382 g/mol. The van der Waals surface area contributed by atoms with Crippen LogP contribution in [0, 0.1) is 6.92 Å². The number of furan rings is 1. The normalized spacial score (nSPS) is 11.8. The number of anilines is 1. The Kier molecular flexibility index (Phi) is 4.71. The van der Waals surface area contributed by atoms with Gasteiger partial charge in [0.2, 0.25) is 0 Å². The van der Waals surface area contributed by atoms with Gasteiger partial charge in [0.15, 0.2) is 5.76 Å². The van der Waals surface area contributed by atoms with E-state index in [0.717, 1.165) is 35.6 Å². The molecule has 0 fully saturated rings. The van der Waals surface area contributed by atoms with E-state index in [1.807, 2.05) is 19.1 Å². The van der Waals surface area contributed by atoms with Crippen LogP contribution in [-0.2, 0) is 12.6 Å². The number of amides is 1. The highest BCUT2D eigenvalue weighted by molar-refractivity contribution is 6.34. The van der Waals surface area contributed by atoms with E-state index in [9.17, 15) is 18.0 Å². The highest BCUT2D eigenvalue weighted by atomic mass is 35.5. The molecule has 0 aliphatic carbocycles. The molecule has 0 bridgehead atoms. The van der Waals surface area contributed by atoms with Crippen molar-refractivity contribution in [3.63, 3.8) is 0 Å². The number of rotatable bonds is 3. The van der Waals surface area contributed by atoms with Crippen LogP contribution in [0.15, 0.2) is 40.8 Å². The summed E-state index contributed by atoms with van der Waals surface area (Å²) in [5.74, 6) is -0.611. The van der Waals surface area contributed by atoms with Gasteiger partial charge in [-0.1, -0.05) is 24.6 Å². The minimum absolute atomic E-state index is 0.00776. The molecular weight excluding hydrogens is 367 g/mol. The summed E-state index contributed by atoms with van der Waals surface area (Å²) >= 11 is 5.92. The zero-order valence-corrected chi connectivity index (χ0v) is 14.8. The van der Waals surface area contributed by atoms with Crippen molar-refractivity contribution in [2.24, 2.45) is 0 Å². The van der Waals surface area contributed by atoms with Gasteiger partial charge >= 0.3 is 6.18 Å². The number of nitrogens with one attached hydrogen (secondary N) is 1. The molecule has 1 heterocycles. The minimum Gasteiger partial charge on any atom is -0.451 e. The van der Waals surface area contributed by atoms with Crippen molar-refractivity contribution in [2.75, 3.05) is 5.32 Å². The Bertz CT molecular complexity index is 992. The van der Waals surface area contributed by atoms with Crippen LogP contribution in [0.1, 0.15) is 34.2 Å². The van der Waals surface area contributed by atoms with Gasteiger partial charge in [-0.25, -0.2) is 0 Å². The van der Waals surface area contributed by atoms with Crippen LogP contribution in [0.2, 0.25) is 5.02 Å². The number of carbonyl (C=O) groups excluding carboxylic acids is 1. The molecule has 1 N–H and O–H groups in total. The maximum Gasteiger partial charge on any atom is 0.416 e. The predicted octanol–water partition coefficient (Wildman–Crippen LogP) is 6.23. The summed E-state index contributed by atoms with van der Waals surface area (Å²) in [6, 6.07) is 8.36. The highest BCUT2D eigenvalue weighted by Gasteiger charge is 2.31. The van der Waals surface area contributed by atoms with Crippen molar-refractivity contribution in [3.05, 3.63) is 63.9 Å². The van der Waals surface area contributed by atoms with E-state index in [0.29, 0.717) is 11.1 Å². The SMILES string of the molecule is CCc1ccc2oc(C(=O)Nc3cc(C(F)(F)F)ccc3Cl)c(C)c2c1. The zero-order chi connectivity index (χ0) is 19.1. The van der Waals surface area contributed by atoms with E-state index < -0.39 is 17.6 Å². The molecule has 3 rings (SSSR count). The van der Waals surface area contributed by atoms with E-state index in [1.165, 1.54) is 0 Å². The Morgan fingerprint density at radius 3 is 2.58 bits per heavy atom. The fourth-order valence-corrected chi connectivity index (χ4v) is 2.85. The Hall–Kier alpha value is -2.47. The lowest BCUT2D eigenvalue weighted by atomic mass is 10.1. The van der Waals surface area contributed by atoms with Crippen LogP contribution >= 0.6 is 11.6 Å². The van der Waals surface area contributed by atoms with Gasteiger partial charge < -0.3 is 9.73 Å². The van der Waals surface area contributed by atoms with Gasteiger partial charge in [0.1, 0.15) is 5.58 Å². The molecular formula is C19H15ClF3NO2. The molecule has 2 aromatic carbocycles. The number of benzene rings is 2. The molecule has 7 heteroatoms. The summed E-state index contributed by atoms with van der Waals surface area (Å²) in [5.41, 5.74) is 1.23. The first kappa shape index (κ1) is 18.3. The second-order valence-corrected chi connectivity index (χ2v) is 6.29. The third-order valence-electron chi connectivity index (χ3n) is 4.16. The molecule has 0 unspecified atom stereocenters. The van der Waals surface area contributed by atoms with Crippen molar-refractivity contribution in [3.8, 4) is 0 Å². The molecule has 0 aliphatic heterocycles. The van der Waals surface area contributed by atoms with Crippen molar-refractivity contribution >= 4 is 34.2 Å². The second-order valence-electron chi connectivity index (χ2n) is 5.89. The van der Waals surface area contributed by atoms with Crippen LogP contribution in [0.3, 0.4) is 0 Å². The average Bonchev–Trinajstić information content (AvgIpc) is 2.92. The third kappa shape index (κ3) is 3.42. The Labute approximate surface area is 152 Å². The first-order valence-corrected chi connectivity index (χ1v) is 8.28. The maximum atomic E-state index is 12.9. The number of alkyl halides is 3. The number of halogens is 4. The molecule has 3 nitrogen and oxygen atoms in total. The van der Waals surface area contributed by atoms with Crippen molar-refractivity contribution in [1.82, 2.24) is 0 Å². The summed E-state index contributed by atoms with van der Waals surface area (Å²) < 4.78 is 44.2. The van der Waals surface area contributed by atoms with E-state index in [4.69, 9.17) is 16.0 Å². The highest BCUT2D eigenvalue weighted by Crippen LogP contribution is 2.34. The third-order valence-corrected chi connectivity index (χ3v) is 4.49. The summed E-state index contributed by atoms with van der Waals surface area (Å²) in [6.45, 7) is 3.74. The lowest BCUT2D eigenvalue weighted by molar-refractivity contribution is -0.137. The quantitative estimate of drug-likeness (QED) is 0.584. The molecule has 0 spiro atoms. The second kappa shape index (κ2) is 6.68. The smallest absolute Gasteiger partial charge is 0.416 e. The molecule has 1 aromatic heterocycles. The number of carbonyl (C=O) groups is 1. The molecule has 136 valence electrons. The van der Waals surface area contributed by atoms with E-state index in [2.05, 4.69) is 5.32 Å². The summed E-state index contributed by atoms with van der Waals surface area (Å²) in [5, 5.41) is 3.21. The van der Waals surface area contributed by atoms with Crippen LogP contribution in [0.25, 0.3) is 11.0 Å². The van der Waals surface area contributed by atoms with Crippen LogP contribution in [0.5, 0.6) is 0 Å². The molecule has 0 atom stereocenters. The number of aryl methyl sites for hydroxylation is 2. The van der Waals surface area contributed by atoms with Crippen molar-refractivity contribution < 1.29 is 22.4 Å². The van der Waals surface area contributed by atoms with Gasteiger partial charge in [0.25, 0.3) is 5.91 Å². The van der Waals surface area contributed by atoms with E-state index >= 15 is 0 Å². The minimum atomic E-state index is -4.53. The number of fused-ring (bicyclic) bond motifs is 1. The summed E-state index contributed by atoms with van der Waals surface area (Å²) in [7, 11) is 0. The van der Waals surface area contributed by atoms with Gasteiger partial charge in [-0.15, -0.1) is 0 Å². The fraction of sp³-hybridized carbons (Fsp3) is 0.211. The van der Waals surface area contributed by atoms with Crippen molar-refractivity contribution in [1.29, 1.82) is 0 Å². The molecule has 1 amide bonds. The molecule has 0 saturated carbocycles. The van der Waals surface area contributed by atoms with Gasteiger partial charge in [0.05, 0.1) is 16.3 Å². The lowest BCUT2D eigenvalue weighted by Gasteiger charge is -2.11. The van der Waals surface area contributed by atoms with Crippen LogP contribution < -0.4 is 5.32 Å². The van der Waals surface area contributed by atoms with Gasteiger partial charge in [-0.05, 0) is 49.2 Å². The maximum absolute atomic E-state index is 12.9. The van der Waals surface area contributed by atoms with E-state index in [1.54, 1.807) is 13.0 Å². The van der Waals surface area contributed by atoms with Gasteiger partial charge in [0, 0.05) is 10.9 Å². The van der Waals surface area contributed by atoms with Gasteiger partial charge in [-0.2, -0.15) is 13.2 Å². The number of hydrogen-bond acceptors (Lipinski definition) is 2. The topological polar surface area (TPSA) is 42.2 Å². The van der Waals surface area contributed by atoms with Crippen LogP contribution in [-0.4, -0.2) is 5.91 Å².